The van der Waals surface area contributed by atoms with Crippen LogP contribution in [0.2, 0.25) is 0 Å². The van der Waals surface area contributed by atoms with Crippen molar-refractivity contribution in [3.63, 3.8) is 0 Å². The summed E-state index contributed by atoms with van der Waals surface area (Å²) >= 11 is 0. The first-order valence-electron chi connectivity index (χ1n) is 27.4. The van der Waals surface area contributed by atoms with Crippen LogP contribution in [0, 0.1) is 11.3 Å². The van der Waals surface area contributed by atoms with Gasteiger partial charge >= 0.3 is 0 Å². The number of imide groups is 1. The van der Waals surface area contributed by atoms with Crippen molar-refractivity contribution in [1.29, 1.82) is 0 Å². The molecule has 3 aromatic rings. The molecule has 0 spiro atoms. The normalized spacial score (nSPS) is 14.9. The molecule has 0 aromatic heterocycles. The van der Waals surface area contributed by atoms with Crippen molar-refractivity contribution < 1.29 is 46.8 Å². The molecular weight excluding hydrogens is 1040 g/mol. The Labute approximate surface area is 473 Å². The molecule has 0 saturated heterocycles. The average molecular weight is 1120 g/mol. The maximum atomic E-state index is 14.4. The van der Waals surface area contributed by atoms with Crippen molar-refractivity contribution in [2.45, 2.75) is 155 Å². The summed E-state index contributed by atoms with van der Waals surface area (Å²) in [6, 6.07) is 20.9. The Bertz CT molecular complexity index is 2760. The molecule has 80 heavy (non-hydrogen) atoms. The molecular formula is C60H85N9O10S. The van der Waals surface area contributed by atoms with E-state index in [0.717, 1.165) is 16.0 Å². The van der Waals surface area contributed by atoms with Gasteiger partial charge in [-0.3, -0.25) is 43.3 Å². The highest BCUT2D eigenvalue weighted by atomic mass is 32.2. The van der Waals surface area contributed by atoms with Crippen LogP contribution in [0.3, 0.4) is 0 Å². The number of unbranched alkanes of at least 4 members (excludes halogenated alkanes) is 3. The summed E-state index contributed by atoms with van der Waals surface area (Å²) < 4.78 is 29.0. The highest BCUT2D eigenvalue weighted by Gasteiger charge is 2.42. The van der Waals surface area contributed by atoms with E-state index in [2.05, 4.69) is 31.3 Å². The maximum Gasteiger partial charge on any atom is 0.260 e. The van der Waals surface area contributed by atoms with Crippen LogP contribution in [0.4, 0.5) is 0 Å². The fraction of sp³-hybridized carbons (Fsp3) is 0.500. The number of likely N-dealkylation sites (N-methyl/N-ethyl adjacent to an activating group) is 2. The highest BCUT2D eigenvalue weighted by molar-refractivity contribution is 7.89. The number of nitrogens with zero attached hydrogens (tertiary/aromatic N) is 2. The number of sulfonamides is 1. The molecule has 19 nitrogen and oxygen atoms in total. The molecule has 0 unspecified atom stereocenters. The van der Waals surface area contributed by atoms with Gasteiger partial charge in [0.05, 0.1) is 17.8 Å². The SMILES string of the molecule is CN[C@H](C(=O)N[C@H](C(=O)N(C)[C@H](/C=C(\C)C(=O)NS(=O)(=O)Cc1ccc(CNC(=O)[C@@H](CCCCN)NC(=O)[C@@H](Cc2ccccc2)NC(=O)CCCCCN2C(=O)C=CC2=O)cc1)C(C)C)C(C)(C)C)C(C)(C)c1ccccc1. The predicted molar refractivity (Wildman–Crippen MR) is 309 cm³/mol. The Morgan fingerprint density at radius 2 is 1.30 bits per heavy atom. The summed E-state index contributed by atoms with van der Waals surface area (Å²) in [7, 11) is -0.925. The summed E-state index contributed by atoms with van der Waals surface area (Å²) in [4.78, 5) is 109. The lowest BCUT2D eigenvalue weighted by atomic mass is 9.76. The maximum absolute atomic E-state index is 14.4. The van der Waals surface area contributed by atoms with E-state index in [1.54, 1.807) is 44.4 Å². The van der Waals surface area contributed by atoms with E-state index in [1.807, 2.05) is 109 Å². The van der Waals surface area contributed by atoms with Gasteiger partial charge in [0.1, 0.15) is 18.1 Å². The van der Waals surface area contributed by atoms with Gasteiger partial charge in [-0.15, -0.1) is 0 Å². The molecule has 0 saturated carbocycles. The minimum atomic E-state index is -4.23. The predicted octanol–water partition coefficient (Wildman–Crippen LogP) is 4.60. The van der Waals surface area contributed by atoms with Crippen molar-refractivity contribution in [2.24, 2.45) is 17.1 Å². The van der Waals surface area contributed by atoms with Crippen LogP contribution in [0.15, 0.2) is 109 Å². The standard InChI is InChI=1S/C60H85N9O10S/c1-40(2)48(68(10)58(77)53(59(4,5)6)66-57(76)52(62-9)60(7,8)45-24-16-12-17-25-45)36-41(3)54(73)67-80(78,79)39-44-30-28-43(29-31-44)38-63-55(74)46(26-19-20-34-61)65-56(75)47(37-42-22-14-11-15-23-42)64-49(70)27-18-13-21-35-69-50(71)32-33-51(69)72/h11-12,14-17,22-25,28-33,36,40,46-48,52-53,62H,13,18-21,26-27,34-35,37-39,61H2,1-10H3,(H,63,74)(H,64,70)(H,65,75)(H,66,76)(H,67,73)/b41-36+/t46-,47-,48-,52-,53-/m1/s1. The van der Waals surface area contributed by atoms with Gasteiger partial charge in [0.15, 0.2) is 0 Å². The number of carbonyl (C=O) groups is 8. The number of hydrogen-bond acceptors (Lipinski definition) is 12. The Morgan fingerprint density at radius 3 is 1.88 bits per heavy atom. The van der Waals surface area contributed by atoms with E-state index in [0.29, 0.717) is 49.8 Å². The number of nitrogens with two attached hydrogens (primary N) is 1. The first-order chi connectivity index (χ1) is 37.7. The van der Waals surface area contributed by atoms with E-state index >= 15 is 0 Å². The largest absolute Gasteiger partial charge is 0.350 e. The van der Waals surface area contributed by atoms with Crippen LogP contribution in [0.25, 0.3) is 0 Å². The molecule has 0 bridgehead atoms. The lowest BCUT2D eigenvalue weighted by Crippen LogP contribution is -2.61. The second-order valence-corrected chi connectivity index (χ2v) is 24.2. The van der Waals surface area contributed by atoms with Gasteiger partial charge < -0.3 is 37.2 Å². The molecule has 1 aliphatic rings. The molecule has 0 aliphatic carbocycles. The van der Waals surface area contributed by atoms with Crippen LogP contribution < -0.4 is 37.0 Å². The summed E-state index contributed by atoms with van der Waals surface area (Å²) in [5, 5.41) is 14.7. The molecule has 0 radical (unpaired) electrons. The number of amides is 8. The molecule has 1 aliphatic heterocycles. The van der Waals surface area contributed by atoms with Crippen molar-refractivity contribution >= 4 is 57.3 Å². The summed E-state index contributed by atoms with van der Waals surface area (Å²) in [6.45, 7) is 15.4. The number of nitrogens with one attached hydrogen (secondary N) is 6. The number of carbonyl (C=O) groups excluding carboxylic acids is 8. The molecule has 4 rings (SSSR count). The van der Waals surface area contributed by atoms with Gasteiger partial charge in [0, 0.05) is 56.1 Å². The zero-order valence-corrected chi connectivity index (χ0v) is 49.0. The van der Waals surface area contributed by atoms with Gasteiger partial charge in [0.2, 0.25) is 39.6 Å². The lowest BCUT2D eigenvalue weighted by molar-refractivity contribution is -0.141. The number of hydrogen-bond donors (Lipinski definition) is 7. The lowest BCUT2D eigenvalue weighted by Gasteiger charge is -2.40. The van der Waals surface area contributed by atoms with Gasteiger partial charge in [-0.25, -0.2) is 13.1 Å². The van der Waals surface area contributed by atoms with Crippen molar-refractivity contribution in [3.8, 4) is 0 Å². The third-order valence-electron chi connectivity index (χ3n) is 14.2. The Hall–Kier alpha value is -7.03. The monoisotopic (exact) mass is 1120 g/mol. The first kappa shape index (κ1) is 65.5. The molecule has 8 N–H and O–H groups in total. The zero-order valence-electron chi connectivity index (χ0n) is 48.2. The van der Waals surface area contributed by atoms with Crippen molar-refractivity contribution in [1.82, 2.24) is 41.1 Å². The van der Waals surface area contributed by atoms with E-state index < -0.39 is 74.5 Å². The summed E-state index contributed by atoms with van der Waals surface area (Å²) in [5.74, 6) is -4.46. The van der Waals surface area contributed by atoms with E-state index in [4.69, 9.17) is 5.73 Å². The fourth-order valence-electron chi connectivity index (χ4n) is 9.45. The van der Waals surface area contributed by atoms with Gasteiger partial charge in [0.25, 0.3) is 17.7 Å². The molecule has 3 aromatic carbocycles. The van der Waals surface area contributed by atoms with Crippen LogP contribution in [0.5, 0.6) is 0 Å². The third kappa shape index (κ3) is 20.0. The number of rotatable bonds is 31. The van der Waals surface area contributed by atoms with E-state index in [1.165, 1.54) is 24.0 Å². The van der Waals surface area contributed by atoms with Gasteiger partial charge in [-0.2, -0.15) is 0 Å². The summed E-state index contributed by atoms with van der Waals surface area (Å²) in [5.41, 5.74) is 7.19. The first-order valence-corrected chi connectivity index (χ1v) is 29.1. The minimum absolute atomic E-state index is 0.0381. The summed E-state index contributed by atoms with van der Waals surface area (Å²) in [6.07, 6.45) is 7.24. The second-order valence-electron chi connectivity index (χ2n) is 22.5. The molecule has 0 fully saturated rings. The molecule has 5 atom stereocenters. The van der Waals surface area contributed by atoms with Crippen LogP contribution >= 0.6 is 0 Å². The smallest absolute Gasteiger partial charge is 0.260 e. The topological polar surface area (TPSA) is 275 Å². The van der Waals surface area contributed by atoms with E-state index in [9.17, 15) is 46.8 Å². The average Bonchev–Trinajstić information content (AvgIpc) is 3.79. The minimum Gasteiger partial charge on any atom is -0.350 e. The molecule has 436 valence electrons. The highest BCUT2D eigenvalue weighted by Crippen LogP contribution is 2.29. The molecule has 1 heterocycles. The molecule has 8 amide bonds. The third-order valence-corrected chi connectivity index (χ3v) is 15.5. The fourth-order valence-corrected chi connectivity index (χ4v) is 10.6. The van der Waals surface area contributed by atoms with Crippen LogP contribution in [-0.2, 0) is 72.5 Å². The van der Waals surface area contributed by atoms with E-state index in [-0.39, 0.29) is 73.4 Å². The Morgan fingerprint density at radius 1 is 0.700 bits per heavy atom. The Kier molecular flexibility index (Phi) is 25.0. The van der Waals surface area contributed by atoms with Crippen molar-refractivity contribution in [2.75, 3.05) is 27.2 Å². The Balaban J connectivity index is 1.36. The number of benzene rings is 3. The molecule has 20 heteroatoms. The van der Waals surface area contributed by atoms with Gasteiger partial charge in [-0.05, 0) is 86.2 Å². The van der Waals surface area contributed by atoms with Gasteiger partial charge in [-0.1, -0.05) is 146 Å². The zero-order chi connectivity index (χ0) is 59.4. The second kappa shape index (κ2) is 30.5. The quantitative estimate of drug-likeness (QED) is 0.0265. The van der Waals surface area contributed by atoms with Crippen LogP contribution in [0.1, 0.15) is 123 Å². The van der Waals surface area contributed by atoms with Crippen LogP contribution in [-0.4, -0.2) is 123 Å². The van der Waals surface area contributed by atoms with Crippen molar-refractivity contribution in [3.05, 3.63) is 131 Å².